The molecule has 0 aromatic rings. The lowest BCUT2D eigenvalue weighted by atomic mass is 9.88. The first kappa shape index (κ1) is 9.66. The van der Waals surface area contributed by atoms with Gasteiger partial charge in [-0.2, -0.15) is 0 Å². The lowest BCUT2D eigenvalue weighted by Crippen LogP contribution is -2.42. The van der Waals surface area contributed by atoms with Crippen LogP contribution in [0.1, 0.15) is 19.3 Å². The van der Waals surface area contributed by atoms with Crippen molar-refractivity contribution in [2.24, 2.45) is 10.1 Å². The van der Waals surface area contributed by atoms with Gasteiger partial charge < -0.3 is 10.2 Å². The van der Waals surface area contributed by atoms with Crippen molar-refractivity contribution in [1.82, 2.24) is 5.32 Å². The Kier molecular flexibility index (Phi) is 2.44. The number of oxime groups is 1. The number of nitrogens with one attached hydrogen (secondary N) is 1. The molecule has 4 nitrogen and oxygen atoms in total. The topological polar surface area (TPSA) is 46.0 Å². The molecule has 5 heteroatoms. The number of nitrogens with zero attached hydrogens (tertiary/aromatic N) is 2. The van der Waals surface area contributed by atoms with Gasteiger partial charge in [-0.15, -0.1) is 11.8 Å². The predicted octanol–water partition coefficient (Wildman–Crippen LogP) is 1.03. The van der Waals surface area contributed by atoms with Gasteiger partial charge in [0.2, 0.25) is 0 Å². The van der Waals surface area contributed by atoms with Crippen LogP contribution in [0.3, 0.4) is 0 Å². The van der Waals surface area contributed by atoms with Crippen LogP contribution in [0, 0.1) is 0 Å². The van der Waals surface area contributed by atoms with Crippen molar-refractivity contribution in [1.29, 1.82) is 0 Å². The maximum atomic E-state index is 5.66. The molecule has 0 amide bonds. The normalized spacial score (nSPS) is 28.8. The maximum absolute atomic E-state index is 5.66. The van der Waals surface area contributed by atoms with Crippen LogP contribution >= 0.6 is 11.8 Å². The third-order valence-corrected chi connectivity index (χ3v) is 4.21. The highest BCUT2D eigenvalue weighted by molar-refractivity contribution is 8.16. The zero-order chi connectivity index (χ0) is 10.1. The molecule has 3 aliphatic heterocycles. The van der Waals surface area contributed by atoms with Crippen LogP contribution in [0.4, 0.5) is 0 Å². The molecule has 0 aliphatic carbocycles. The fraction of sp³-hybridized carbons (Fsp3) is 0.800. The van der Waals surface area contributed by atoms with Crippen LogP contribution in [0.15, 0.2) is 10.1 Å². The highest BCUT2D eigenvalue weighted by Gasteiger charge is 2.41. The SMILES string of the molecule is C1CSC(C2=NOC3(CCNCC3)C2)=N1. The summed E-state index contributed by atoms with van der Waals surface area (Å²) in [6.45, 7) is 3.03. The molecule has 3 rings (SSSR count). The standard InChI is InChI=1S/C10H15N3OS/c1-3-11-4-2-10(1)7-8(13-14-10)9-12-5-6-15-9/h11H,1-7H2. The lowest BCUT2D eigenvalue weighted by Gasteiger charge is -2.30. The van der Waals surface area contributed by atoms with Crippen molar-refractivity contribution < 1.29 is 4.84 Å². The lowest BCUT2D eigenvalue weighted by molar-refractivity contribution is -0.0400. The highest BCUT2D eigenvalue weighted by Crippen LogP contribution is 2.34. The number of thioether (sulfide) groups is 1. The molecule has 1 N–H and O–H groups in total. The molecule has 3 heterocycles. The minimum Gasteiger partial charge on any atom is -0.388 e. The first-order valence-corrected chi connectivity index (χ1v) is 6.50. The fourth-order valence-corrected chi connectivity index (χ4v) is 3.13. The first-order valence-electron chi connectivity index (χ1n) is 5.51. The van der Waals surface area contributed by atoms with Crippen molar-refractivity contribution in [2.75, 3.05) is 25.4 Å². The van der Waals surface area contributed by atoms with Crippen molar-refractivity contribution >= 4 is 22.5 Å². The molecular formula is C10H15N3OS. The van der Waals surface area contributed by atoms with E-state index in [0.29, 0.717) is 0 Å². The van der Waals surface area contributed by atoms with E-state index in [1.165, 1.54) is 0 Å². The van der Waals surface area contributed by atoms with Gasteiger partial charge in [-0.3, -0.25) is 4.99 Å². The van der Waals surface area contributed by atoms with E-state index >= 15 is 0 Å². The van der Waals surface area contributed by atoms with Gasteiger partial charge in [0.1, 0.15) is 16.4 Å². The average molecular weight is 225 g/mol. The average Bonchev–Trinajstić information content (AvgIpc) is 2.88. The molecule has 0 aromatic carbocycles. The minimum absolute atomic E-state index is 0.00769. The Bertz CT molecular complexity index is 321. The Morgan fingerprint density at radius 2 is 2.20 bits per heavy atom. The molecule has 0 saturated carbocycles. The summed E-state index contributed by atoms with van der Waals surface area (Å²) < 4.78 is 0. The second kappa shape index (κ2) is 3.79. The maximum Gasteiger partial charge on any atom is 0.145 e. The summed E-state index contributed by atoms with van der Waals surface area (Å²) in [6.07, 6.45) is 3.09. The van der Waals surface area contributed by atoms with Crippen molar-refractivity contribution in [3.05, 3.63) is 0 Å². The quantitative estimate of drug-likeness (QED) is 0.725. The number of hydrogen-bond acceptors (Lipinski definition) is 5. The van der Waals surface area contributed by atoms with E-state index < -0.39 is 0 Å². The fourth-order valence-electron chi connectivity index (χ4n) is 2.30. The molecule has 0 atom stereocenters. The zero-order valence-electron chi connectivity index (χ0n) is 8.66. The molecule has 0 radical (unpaired) electrons. The van der Waals surface area contributed by atoms with Crippen molar-refractivity contribution in [3.63, 3.8) is 0 Å². The number of rotatable bonds is 1. The summed E-state index contributed by atoms with van der Waals surface area (Å²) in [5.41, 5.74) is 1.08. The van der Waals surface area contributed by atoms with Gasteiger partial charge in [-0.05, 0) is 13.1 Å². The van der Waals surface area contributed by atoms with Crippen molar-refractivity contribution in [2.45, 2.75) is 24.9 Å². The monoisotopic (exact) mass is 225 g/mol. The summed E-state index contributed by atoms with van der Waals surface area (Å²) in [4.78, 5) is 10.1. The molecule has 1 saturated heterocycles. The van der Waals surface area contributed by atoms with E-state index in [0.717, 1.165) is 55.4 Å². The Hall–Kier alpha value is -0.550. The van der Waals surface area contributed by atoms with E-state index in [4.69, 9.17) is 4.84 Å². The summed E-state index contributed by atoms with van der Waals surface area (Å²) in [5.74, 6) is 1.10. The third kappa shape index (κ3) is 1.78. The van der Waals surface area contributed by atoms with Crippen LogP contribution in [-0.4, -0.2) is 41.7 Å². The van der Waals surface area contributed by atoms with Gasteiger partial charge in [0.25, 0.3) is 0 Å². The zero-order valence-corrected chi connectivity index (χ0v) is 9.48. The summed E-state index contributed by atoms with van der Waals surface area (Å²) in [5, 5.41) is 8.70. The highest BCUT2D eigenvalue weighted by atomic mass is 32.2. The molecule has 0 bridgehead atoms. The number of piperidine rings is 1. The largest absolute Gasteiger partial charge is 0.388 e. The molecule has 0 unspecified atom stereocenters. The third-order valence-electron chi connectivity index (χ3n) is 3.19. The molecule has 15 heavy (non-hydrogen) atoms. The molecular weight excluding hydrogens is 210 g/mol. The Balaban J connectivity index is 1.70. The van der Waals surface area contributed by atoms with Crippen LogP contribution in [0.2, 0.25) is 0 Å². The van der Waals surface area contributed by atoms with Crippen LogP contribution in [0.25, 0.3) is 0 Å². The van der Waals surface area contributed by atoms with Gasteiger partial charge in [-0.25, -0.2) is 0 Å². The van der Waals surface area contributed by atoms with E-state index in [1.54, 1.807) is 0 Å². The van der Waals surface area contributed by atoms with Gasteiger partial charge in [0.05, 0.1) is 0 Å². The summed E-state index contributed by atoms with van der Waals surface area (Å²) in [6, 6.07) is 0. The van der Waals surface area contributed by atoms with Crippen molar-refractivity contribution in [3.8, 4) is 0 Å². The Morgan fingerprint density at radius 3 is 2.93 bits per heavy atom. The van der Waals surface area contributed by atoms with Gasteiger partial charge >= 0.3 is 0 Å². The Labute approximate surface area is 93.5 Å². The molecule has 1 spiro atoms. The van der Waals surface area contributed by atoms with E-state index in [9.17, 15) is 0 Å². The molecule has 1 fully saturated rings. The second-order valence-electron chi connectivity index (χ2n) is 4.27. The van der Waals surface area contributed by atoms with E-state index in [1.807, 2.05) is 11.8 Å². The summed E-state index contributed by atoms with van der Waals surface area (Å²) in [7, 11) is 0. The predicted molar refractivity (Wildman–Crippen MR) is 62.7 cm³/mol. The summed E-state index contributed by atoms with van der Waals surface area (Å²) >= 11 is 1.81. The molecule has 82 valence electrons. The van der Waals surface area contributed by atoms with Crippen LogP contribution < -0.4 is 5.32 Å². The van der Waals surface area contributed by atoms with Gasteiger partial charge in [-0.1, -0.05) is 5.16 Å². The smallest absolute Gasteiger partial charge is 0.145 e. The minimum atomic E-state index is -0.00769. The first-order chi connectivity index (χ1) is 7.38. The number of aliphatic imine (C=N–C) groups is 1. The van der Waals surface area contributed by atoms with E-state index in [2.05, 4.69) is 15.5 Å². The second-order valence-corrected chi connectivity index (χ2v) is 5.36. The van der Waals surface area contributed by atoms with Crippen LogP contribution in [0.5, 0.6) is 0 Å². The Morgan fingerprint density at radius 1 is 1.33 bits per heavy atom. The van der Waals surface area contributed by atoms with Gasteiger partial charge in [0, 0.05) is 31.6 Å². The molecule has 3 aliphatic rings. The number of hydrogen-bond donors (Lipinski definition) is 1. The van der Waals surface area contributed by atoms with Crippen LogP contribution in [-0.2, 0) is 4.84 Å². The van der Waals surface area contributed by atoms with E-state index in [-0.39, 0.29) is 5.60 Å². The van der Waals surface area contributed by atoms with Gasteiger partial charge in [0.15, 0.2) is 0 Å². The molecule has 0 aromatic heterocycles.